The van der Waals surface area contributed by atoms with Crippen LogP contribution in [0.3, 0.4) is 0 Å². The Morgan fingerprint density at radius 2 is 2.22 bits per heavy atom. The van der Waals surface area contributed by atoms with Gasteiger partial charge in [0.05, 0.1) is 17.9 Å². The Morgan fingerprint density at radius 1 is 1.50 bits per heavy atom. The standard InChI is InChI=1S/C13H17NO4/c1-9-11(13(15)16)2-3-12(14-9)18-8-10-4-6-17-7-5-10/h2-3,10H,4-8H2,1H3,(H,15,16). The Labute approximate surface area is 106 Å². The Morgan fingerprint density at radius 3 is 2.83 bits per heavy atom. The molecule has 0 atom stereocenters. The molecule has 1 aliphatic rings. The van der Waals surface area contributed by atoms with Crippen molar-refractivity contribution in [3.8, 4) is 5.88 Å². The Kier molecular flexibility index (Phi) is 4.15. The molecule has 0 saturated carbocycles. The lowest BCUT2D eigenvalue weighted by atomic mass is 10.0. The fraction of sp³-hybridized carbons (Fsp3) is 0.538. The topological polar surface area (TPSA) is 68.7 Å². The number of aromatic nitrogens is 1. The van der Waals surface area contributed by atoms with E-state index in [-0.39, 0.29) is 5.56 Å². The van der Waals surface area contributed by atoms with Crippen LogP contribution in [-0.4, -0.2) is 35.9 Å². The molecular weight excluding hydrogens is 234 g/mol. The van der Waals surface area contributed by atoms with Gasteiger partial charge in [0.2, 0.25) is 5.88 Å². The van der Waals surface area contributed by atoms with Crippen LogP contribution in [0.4, 0.5) is 0 Å². The minimum atomic E-state index is -0.962. The minimum Gasteiger partial charge on any atom is -0.478 e. The maximum Gasteiger partial charge on any atom is 0.337 e. The lowest BCUT2D eigenvalue weighted by Crippen LogP contribution is -2.21. The molecule has 1 aromatic heterocycles. The number of aromatic carboxylic acids is 1. The van der Waals surface area contributed by atoms with Crippen LogP contribution in [0.2, 0.25) is 0 Å². The molecule has 1 N–H and O–H groups in total. The number of aryl methyl sites for hydroxylation is 1. The molecule has 1 aromatic rings. The Balaban J connectivity index is 1.93. The quantitative estimate of drug-likeness (QED) is 0.885. The summed E-state index contributed by atoms with van der Waals surface area (Å²) in [5.74, 6) is 0.0278. The molecule has 2 heterocycles. The third-order valence-corrected chi connectivity index (χ3v) is 3.10. The van der Waals surface area contributed by atoms with Gasteiger partial charge in [0.15, 0.2) is 0 Å². The first-order chi connectivity index (χ1) is 8.66. The van der Waals surface area contributed by atoms with Crippen molar-refractivity contribution in [3.05, 3.63) is 23.4 Å². The summed E-state index contributed by atoms with van der Waals surface area (Å²) in [7, 11) is 0. The third kappa shape index (κ3) is 3.20. The van der Waals surface area contributed by atoms with Gasteiger partial charge in [-0.3, -0.25) is 0 Å². The fourth-order valence-electron chi connectivity index (χ4n) is 1.96. The normalized spacial score (nSPS) is 16.5. The molecule has 5 nitrogen and oxygen atoms in total. The number of rotatable bonds is 4. The van der Waals surface area contributed by atoms with Crippen molar-refractivity contribution in [2.24, 2.45) is 5.92 Å². The van der Waals surface area contributed by atoms with Gasteiger partial charge in [-0.1, -0.05) is 0 Å². The number of hydrogen-bond donors (Lipinski definition) is 1. The van der Waals surface area contributed by atoms with Gasteiger partial charge in [0, 0.05) is 19.3 Å². The highest BCUT2D eigenvalue weighted by Crippen LogP contribution is 2.18. The SMILES string of the molecule is Cc1nc(OCC2CCOCC2)ccc1C(=O)O. The van der Waals surface area contributed by atoms with Crippen LogP contribution in [0.15, 0.2) is 12.1 Å². The number of carbonyl (C=O) groups is 1. The molecule has 0 aliphatic carbocycles. The molecule has 0 radical (unpaired) electrons. The highest BCUT2D eigenvalue weighted by atomic mass is 16.5. The van der Waals surface area contributed by atoms with E-state index in [2.05, 4.69) is 4.98 Å². The second-order valence-corrected chi connectivity index (χ2v) is 4.45. The molecule has 0 spiro atoms. The Bertz CT molecular complexity index is 427. The average molecular weight is 251 g/mol. The highest BCUT2D eigenvalue weighted by Gasteiger charge is 2.15. The maximum atomic E-state index is 10.8. The van der Waals surface area contributed by atoms with Crippen molar-refractivity contribution in [3.63, 3.8) is 0 Å². The molecule has 98 valence electrons. The van der Waals surface area contributed by atoms with Crippen molar-refractivity contribution < 1.29 is 19.4 Å². The number of hydrogen-bond acceptors (Lipinski definition) is 4. The van der Waals surface area contributed by atoms with Crippen molar-refractivity contribution in [1.29, 1.82) is 0 Å². The molecule has 0 unspecified atom stereocenters. The lowest BCUT2D eigenvalue weighted by molar-refractivity contribution is 0.0490. The summed E-state index contributed by atoms with van der Waals surface area (Å²) in [4.78, 5) is 15.0. The summed E-state index contributed by atoms with van der Waals surface area (Å²) < 4.78 is 10.9. The van der Waals surface area contributed by atoms with Gasteiger partial charge in [0.1, 0.15) is 0 Å². The van der Waals surface area contributed by atoms with E-state index in [0.29, 0.717) is 24.1 Å². The van der Waals surface area contributed by atoms with Crippen LogP contribution in [-0.2, 0) is 4.74 Å². The molecule has 1 fully saturated rings. The first kappa shape index (κ1) is 12.8. The smallest absolute Gasteiger partial charge is 0.337 e. The second kappa shape index (κ2) is 5.82. The summed E-state index contributed by atoms with van der Waals surface area (Å²) >= 11 is 0. The van der Waals surface area contributed by atoms with E-state index < -0.39 is 5.97 Å². The fourth-order valence-corrected chi connectivity index (χ4v) is 1.96. The number of nitrogens with zero attached hydrogens (tertiary/aromatic N) is 1. The van der Waals surface area contributed by atoms with Gasteiger partial charge < -0.3 is 14.6 Å². The van der Waals surface area contributed by atoms with Gasteiger partial charge in [-0.2, -0.15) is 0 Å². The predicted molar refractivity (Wildman–Crippen MR) is 65.0 cm³/mol. The van der Waals surface area contributed by atoms with E-state index in [4.69, 9.17) is 14.6 Å². The highest BCUT2D eigenvalue weighted by molar-refractivity contribution is 5.88. The summed E-state index contributed by atoms with van der Waals surface area (Å²) in [5, 5.41) is 8.90. The van der Waals surface area contributed by atoms with Crippen molar-refractivity contribution >= 4 is 5.97 Å². The van der Waals surface area contributed by atoms with E-state index >= 15 is 0 Å². The second-order valence-electron chi connectivity index (χ2n) is 4.45. The third-order valence-electron chi connectivity index (χ3n) is 3.10. The van der Waals surface area contributed by atoms with E-state index in [1.54, 1.807) is 13.0 Å². The predicted octanol–water partition coefficient (Wildman–Crippen LogP) is 1.89. The number of carboxylic acid groups (broad SMARTS) is 1. The monoisotopic (exact) mass is 251 g/mol. The average Bonchev–Trinajstić information content (AvgIpc) is 2.37. The van der Waals surface area contributed by atoms with Gasteiger partial charge >= 0.3 is 5.97 Å². The zero-order chi connectivity index (χ0) is 13.0. The first-order valence-electron chi connectivity index (χ1n) is 6.08. The zero-order valence-electron chi connectivity index (χ0n) is 10.4. The molecule has 1 saturated heterocycles. The van der Waals surface area contributed by atoms with Crippen LogP contribution in [0.5, 0.6) is 5.88 Å². The number of carboxylic acids is 1. The largest absolute Gasteiger partial charge is 0.478 e. The van der Waals surface area contributed by atoms with E-state index in [9.17, 15) is 4.79 Å². The van der Waals surface area contributed by atoms with Crippen molar-refractivity contribution in [1.82, 2.24) is 4.98 Å². The molecule has 0 bridgehead atoms. The molecule has 18 heavy (non-hydrogen) atoms. The number of ether oxygens (including phenoxy) is 2. The van der Waals surface area contributed by atoms with E-state index in [1.165, 1.54) is 6.07 Å². The van der Waals surface area contributed by atoms with Gasteiger partial charge in [0.25, 0.3) is 0 Å². The van der Waals surface area contributed by atoms with Crippen molar-refractivity contribution in [2.45, 2.75) is 19.8 Å². The van der Waals surface area contributed by atoms with E-state index in [1.807, 2.05) is 0 Å². The lowest BCUT2D eigenvalue weighted by Gasteiger charge is -2.21. The summed E-state index contributed by atoms with van der Waals surface area (Å²) in [5.41, 5.74) is 0.695. The zero-order valence-corrected chi connectivity index (χ0v) is 10.4. The minimum absolute atomic E-state index is 0.216. The molecular formula is C13H17NO4. The molecule has 1 aliphatic heterocycles. The van der Waals surface area contributed by atoms with Crippen LogP contribution in [0.1, 0.15) is 28.9 Å². The van der Waals surface area contributed by atoms with Crippen LogP contribution in [0.25, 0.3) is 0 Å². The first-order valence-corrected chi connectivity index (χ1v) is 6.08. The van der Waals surface area contributed by atoms with E-state index in [0.717, 1.165) is 26.1 Å². The van der Waals surface area contributed by atoms with Crippen LogP contribution in [0, 0.1) is 12.8 Å². The summed E-state index contributed by atoms with van der Waals surface area (Å²) in [6.45, 7) is 3.86. The molecule has 5 heteroatoms. The van der Waals surface area contributed by atoms with Gasteiger partial charge in [-0.05, 0) is 31.7 Å². The number of pyridine rings is 1. The molecule has 2 rings (SSSR count). The molecule has 0 amide bonds. The van der Waals surface area contributed by atoms with Crippen LogP contribution < -0.4 is 4.74 Å². The summed E-state index contributed by atoms with van der Waals surface area (Å²) in [6, 6.07) is 3.14. The van der Waals surface area contributed by atoms with Gasteiger partial charge in [-0.15, -0.1) is 0 Å². The van der Waals surface area contributed by atoms with Gasteiger partial charge in [-0.25, -0.2) is 9.78 Å². The van der Waals surface area contributed by atoms with Crippen molar-refractivity contribution in [2.75, 3.05) is 19.8 Å². The summed E-state index contributed by atoms with van der Waals surface area (Å²) in [6.07, 6.45) is 2.01. The van der Waals surface area contributed by atoms with Crippen LogP contribution >= 0.6 is 0 Å². The molecule has 0 aromatic carbocycles. The maximum absolute atomic E-state index is 10.8. The Hall–Kier alpha value is -1.62.